The summed E-state index contributed by atoms with van der Waals surface area (Å²) in [7, 11) is 0. The van der Waals surface area contributed by atoms with Crippen LogP contribution in [0.3, 0.4) is 0 Å². The second-order valence-electron chi connectivity index (χ2n) is 5.34. The summed E-state index contributed by atoms with van der Waals surface area (Å²) in [4.78, 5) is 0. The standard InChI is InChI=1S/C16H19NO2/c1-11-16(18,19-11)10-13-3-5-14-4-2-12(6-7-17)8-15(14)9-13/h2-5,8-9,11,18H,6-7,10,17H2,1H3. The molecule has 0 radical (unpaired) electrons. The summed E-state index contributed by atoms with van der Waals surface area (Å²) in [6.07, 6.45) is 1.38. The van der Waals surface area contributed by atoms with Crippen LogP contribution in [0.25, 0.3) is 10.8 Å². The molecule has 100 valence electrons. The van der Waals surface area contributed by atoms with Crippen molar-refractivity contribution in [1.29, 1.82) is 0 Å². The van der Waals surface area contributed by atoms with Crippen molar-refractivity contribution >= 4 is 10.8 Å². The number of benzene rings is 2. The molecule has 0 aliphatic carbocycles. The molecule has 19 heavy (non-hydrogen) atoms. The molecule has 1 aliphatic heterocycles. The predicted molar refractivity (Wildman–Crippen MR) is 75.9 cm³/mol. The highest BCUT2D eigenvalue weighted by Crippen LogP contribution is 2.36. The van der Waals surface area contributed by atoms with E-state index in [1.54, 1.807) is 0 Å². The van der Waals surface area contributed by atoms with E-state index >= 15 is 0 Å². The monoisotopic (exact) mass is 257 g/mol. The van der Waals surface area contributed by atoms with Crippen LogP contribution < -0.4 is 5.73 Å². The highest BCUT2D eigenvalue weighted by molar-refractivity contribution is 5.83. The van der Waals surface area contributed by atoms with Gasteiger partial charge in [0.15, 0.2) is 5.79 Å². The van der Waals surface area contributed by atoms with Crippen LogP contribution in [0.1, 0.15) is 18.1 Å². The Kier molecular flexibility index (Phi) is 3.05. The highest BCUT2D eigenvalue weighted by atomic mass is 16.7. The van der Waals surface area contributed by atoms with Gasteiger partial charge >= 0.3 is 0 Å². The van der Waals surface area contributed by atoms with Gasteiger partial charge in [-0.3, -0.25) is 0 Å². The van der Waals surface area contributed by atoms with Crippen molar-refractivity contribution in [3.63, 3.8) is 0 Å². The number of hydrogen-bond donors (Lipinski definition) is 2. The van der Waals surface area contributed by atoms with Gasteiger partial charge in [0.25, 0.3) is 0 Å². The fourth-order valence-electron chi connectivity index (χ4n) is 2.53. The number of rotatable bonds is 4. The first kappa shape index (κ1) is 12.6. The van der Waals surface area contributed by atoms with Crippen LogP contribution in [0.15, 0.2) is 36.4 Å². The lowest BCUT2D eigenvalue weighted by Gasteiger charge is -2.08. The molecule has 3 N–H and O–H groups in total. The molecule has 3 heteroatoms. The minimum atomic E-state index is -0.956. The van der Waals surface area contributed by atoms with Crippen LogP contribution in [0, 0.1) is 0 Å². The fraction of sp³-hybridized carbons (Fsp3) is 0.375. The third-order valence-electron chi connectivity index (χ3n) is 3.82. The van der Waals surface area contributed by atoms with Gasteiger partial charge in [0.05, 0.1) is 0 Å². The summed E-state index contributed by atoms with van der Waals surface area (Å²) in [6, 6.07) is 12.7. The van der Waals surface area contributed by atoms with Crippen molar-refractivity contribution in [2.45, 2.75) is 31.7 Å². The summed E-state index contributed by atoms with van der Waals surface area (Å²) >= 11 is 0. The van der Waals surface area contributed by atoms with Crippen molar-refractivity contribution < 1.29 is 9.84 Å². The SMILES string of the molecule is CC1OC1(O)Cc1ccc2ccc(CCN)cc2c1. The van der Waals surface area contributed by atoms with E-state index in [-0.39, 0.29) is 6.10 Å². The van der Waals surface area contributed by atoms with E-state index in [0.29, 0.717) is 13.0 Å². The fourth-order valence-corrected chi connectivity index (χ4v) is 2.53. The van der Waals surface area contributed by atoms with E-state index in [1.807, 2.05) is 6.92 Å². The molecule has 1 heterocycles. The number of nitrogens with two attached hydrogens (primary N) is 1. The Bertz CT molecular complexity index is 611. The van der Waals surface area contributed by atoms with Gasteiger partial charge in [0, 0.05) is 6.42 Å². The van der Waals surface area contributed by atoms with Gasteiger partial charge in [0.2, 0.25) is 0 Å². The van der Waals surface area contributed by atoms with Crippen molar-refractivity contribution in [3.05, 3.63) is 47.5 Å². The largest absolute Gasteiger partial charge is 0.363 e. The van der Waals surface area contributed by atoms with E-state index in [9.17, 15) is 5.11 Å². The van der Waals surface area contributed by atoms with E-state index in [4.69, 9.17) is 10.5 Å². The van der Waals surface area contributed by atoms with Crippen molar-refractivity contribution in [3.8, 4) is 0 Å². The minimum Gasteiger partial charge on any atom is -0.363 e. The number of epoxide rings is 1. The van der Waals surface area contributed by atoms with E-state index in [0.717, 1.165) is 12.0 Å². The summed E-state index contributed by atoms with van der Waals surface area (Å²) in [5.41, 5.74) is 7.94. The lowest BCUT2D eigenvalue weighted by Crippen LogP contribution is -2.16. The quantitative estimate of drug-likeness (QED) is 0.824. The van der Waals surface area contributed by atoms with Crippen molar-refractivity contribution in [1.82, 2.24) is 0 Å². The molecule has 0 saturated carbocycles. The average molecular weight is 257 g/mol. The molecule has 0 aromatic heterocycles. The molecule has 1 aliphatic rings. The second kappa shape index (κ2) is 4.60. The van der Waals surface area contributed by atoms with E-state index in [2.05, 4.69) is 36.4 Å². The van der Waals surface area contributed by atoms with Crippen LogP contribution >= 0.6 is 0 Å². The first-order valence-corrected chi connectivity index (χ1v) is 6.72. The highest BCUT2D eigenvalue weighted by Gasteiger charge is 2.51. The van der Waals surface area contributed by atoms with E-state index in [1.165, 1.54) is 16.3 Å². The van der Waals surface area contributed by atoms with Crippen LogP contribution in [-0.2, 0) is 17.6 Å². The third-order valence-corrected chi connectivity index (χ3v) is 3.82. The maximum atomic E-state index is 10.0. The number of ether oxygens (including phenoxy) is 1. The number of aliphatic hydroxyl groups is 1. The molecule has 2 unspecified atom stereocenters. The van der Waals surface area contributed by atoms with Crippen molar-refractivity contribution in [2.24, 2.45) is 5.73 Å². The molecule has 0 spiro atoms. The first-order valence-electron chi connectivity index (χ1n) is 6.72. The average Bonchev–Trinajstić information content (AvgIpc) is 2.96. The van der Waals surface area contributed by atoms with Gasteiger partial charge < -0.3 is 15.6 Å². The Morgan fingerprint density at radius 1 is 1.16 bits per heavy atom. The molecule has 0 bridgehead atoms. The topological polar surface area (TPSA) is 58.8 Å². The summed E-state index contributed by atoms with van der Waals surface area (Å²) in [5.74, 6) is -0.956. The first-order chi connectivity index (χ1) is 9.10. The zero-order valence-corrected chi connectivity index (χ0v) is 11.1. The number of hydrogen-bond acceptors (Lipinski definition) is 3. The third kappa shape index (κ3) is 2.50. The van der Waals surface area contributed by atoms with Gasteiger partial charge in [-0.15, -0.1) is 0 Å². The zero-order chi connectivity index (χ0) is 13.5. The van der Waals surface area contributed by atoms with Crippen LogP contribution in [0.2, 0.25) is 0 Å². The maximum Gasteiger partial charge on any atom is 0.196 e. The van der Waals surface area contributed by atoms with Crippen LogP contribution in [0.5, 0.6) is 0 Å². The summed E-state index contributed by atoms with van der Waals surface area (Å²) < 4.78 is 5.22. The Morgan fingerprint density at radius 3 is 2.42 bits per heavy atom. The van der Waals surface area contributed by atoms with Gasteiger partial charge in [-0.05, 0) is 41.8 Å². The van der Waals surface area contributed by atoms with Crippen LogP contribution in [0.4, 0.5) is 0 Å². The van der Waals surface area contributed by atoms with Crippen molar-refractivity contribution in [2.75, 3.05) is 6.54 Å². The second-order valence-corrected chi connectivity index (χ2v) is 5.34. The van der Waals surface area contributed by atoms with Crippen LogP contribution in [-0.4, -0.2) is 23.5 Å². The minimum absolute atomic E-state index is 0.0632. The van der Waals surface area contributed by atoms with Gasteiger partial charge in [-0.1, -0.05) is 36.4 Å². The molecule has 3 rings (SSSR count). The molecule has 1 saturated heterocycles. The smallest absolute Gasteiger partial charge is 0.196 e. The normalized spacial score (nSPS) is 25.7. The summed E-state index contributed by atoms with van der Waals surface area (Å²) in [6.45, 7) is 2.55. The lowest BCUT2D eigenvalue weighted by atomic mass is 9.99. The summed E-state index contributed by atoms with van der Waals surface area (Å²) in [5, 5.41) is 12.4. The molecular formula is C16H19NO2. The Hall–Kier alpha value is -1.42. The Labute approximate surface area is 113 Å². The predicted octanol–water partition coefficient (Wildman–Crippen LogP) is 1.99. The molecule has 1 fully saturated rings. The molecule has 0 amide bonds. The lowest BCUT2D eigenvalue weighted by molar-refractivity contribution is 0.0371. The molecular weight excluding hydrogens is 238 g/mol. The Morgan fingerprint density at radius 2 is 1.79 bits per heavy atom. The van der Waals surface area contributed by atoms with Gasteiger partial charge in [-0.25, -0.2) is 0 Å². The molecule has 3 nitrogen and oxygen atoms in total. The molecule has 2 atom stereocenters. The number of fused-ring (bicyclic) bond motifs is 1. The van der Waals surface area contributed by atoms with Gasteiger partial charge in [-0.2, -0.15) is 0 Å². The maximum absolute atomic E-state index is 10.0. The molecule has 2 aromatic carbocycles. The Balaban J connectivity index is 1.90. The van der Waals surface area contributed by atoms with E-state index < -0.39 is 5.79 Å². The molecule has 2 aromatic rings. The van der Waals surface area contributed by atoms with Gasteiger partial charge in [0.1, 0.15) is 6.10 Å². The zero-order valence-electron chi connectivity index (χ0n) is 11.1.